The summed E-state index contributed by atoms with van der Waals surface area (Å²) in [6, 6.07) is 18.9. The molecule has 1 saturated carbocycles. The molecule has 0 N–H and O–H groups in total. The molecular formula is C24H27N3OS. The first-order valence-electron chi connectivity index (χ1n) is 10.7. The highest BCUT2D eigenvalue weighted by atomic mass is 32.1. The van der Waals surface area contributed by atoms with Crippen molar-refractivity contribution in [1.82, 2.24) is 9.88 Å². The number of aromatic nitrogens is 1. The fraction of sp³-hybridized carbons (Fsp3) is 0.417. The number of carbonyl (C=O) groups excluding carboxylic acids is 1. The second-order valence-corrected chi connectivity index (χ2v) is 9.23. The van der Waals surface area contributed by atoms with Gasteiger partial charge in [0.1, 0.15) is 0 Å². The highest BCUT2D eigenvalue weighted by molar-refractivity contribution is 7.18. The van der Waals surface area contributed by atoms with Gasteiger partial charge in [0.15, 0.2) is 0 Å². The summed E-state index contributed by atoms with van der Waals surface area (Å²) >= 11 is 1.78. The highest BCUT2D eigenvalue weighted by Crippen LogP contribution is 2.41. The lowest BCUT2D eigenvalue weighted by atomic mass is 9.78. The van der Waals surface area contributed by atoms with Gasteiger partial charge in [-0.15, -0.1) is 11.3 Å². The molecule has 3 aromatic rings. The van der Waals surface area contributed by atoms with Gasteiger partial charge in [0.05, 0.1) is 15.2 Å². The lowest BCUT2D eigenvalue weighted by molar-refractivity contribution is -0.137. The molecule has 2 heterocycles. The Morgan fingerprint density at radius 1 is 0.897 bits per heavy atom. The zero-order chi connectivity index (χ0) is 19.6. The van der Waals surface area contributed by atoms with Crippen molar-refractivity contribution in [2.45, 2.75) is 31.6 Å². The van der Waals surface area contributed by atoms with Gasteiger partial charge in [-0.25, -0.2) is 4.98 Å². The maximum absolute atomic E-state index is 13.5. The van der Waals surface area contributed by atoms with Gasteiger partial charge in [-0.05, 0) is 37.1 Å². The average molecular weight is 406 g/mol. The van der Waals surface area contributed by atoms with E-state index in [0.29, 0.717) is 5.91 Å². The van der Waals surface area contributed by atoms with E-state index < -0.39 is 0 Å². The molecule has 0 radical (unpaired) electrons. The third-order valence-corrected chi connectivity index (χ3v) is 7.59. The number of amides is 1. The predicted molar refractivity (Wildman–Crippen MR) is 120 cm³/mol. The molecule has 0 bridgehead atoms. The van der Waals surface area contributed by atoms with Crippen LogP contribution < -0.4 is 4.90 Å². The zero-order valence-electron chi connectivity index (χ0n) is 16.7. The van der Waals surface area contributed by atoms with Gasteiger partial charge in [-0.1, -0.05) is 43.2 Å². The molecule has 150 valence electrons. The third-order valence-electron chi connectivity index (χ3n) is 6.42. The summed E-state index contributed by atoms with van der Waals surface area (Å²) in [4.78, 5) is 22.9. The van der Waals surface area contributed by atoms with Gasteiger partial charge in [-0.2, -0.15) is 0 Å². The van der Waals surface area contributed by atoms with E-state index in [0.717, 1.165) is 56.0 Å². The zero-order valence-corrected chi connectivity index (χ0v) is 17.5. The Bertz CT molecular complexity index is 945. The van der Waals surface area contributed by atoms with Gasteiger partial charge < -0.3 is 9.80 Å². The third kappa shape index (κ3) is 3.76. The summed E-state index contributed by atoms with van der Waals surface area (Å²) in [7, 11) is 0. The Hall–Kier alpha value is -2.40. The van der Waals surface area contributed by atoms with Crippen LogP contribution in [0.25, 0.3) is 10.2 Å². The first-order valence-corrected chi connectivity index (χ1v) is 11.6. The predicted octanol–water partition coefficient (Wildman–Crippen LogP) is 4.92. The minimum Gasteiger partial charge on any atom is -0.368 e. The Morgan fingerprint density at radius 3 is 2.41 bits per heavy atom. The second kappa shape index (κ2) is 8.15. The van der Waals surface area contributed by atoms with Crippen LogP contribution >= 0.6 is 11.3 Å². The lowest BCUT2D eigenvalue weighted by Crippen LogP contribution is -2.51. The van der Waals surface area contributed by atoms with Crippen molar-refractivity contribution in [3.8, 4) is 0 Å². The molecule has 2 aliphatic rings. The molecule has 0 unspecified atom stereocenters. The molecule has 2 atom stereocenters. The van der Waals surface area contributed by atoms with Crippen LogP contribution in [0, 0.1) is 5.92 Å². The molecule has 1 aliphatic heterocycles. The van der Waals surface area contributed by atoms with Crippen LogP contribution in [-0.4, -0.2) is 42.0 Å². The number of hydrogen-bond acceptors (Lipinski definition) is 4. The smallest absolute Gasteiger partial charge is 0.226 e. The standard InChI is InChI=1S/C24H27N3OS/c28-24(27-16-14-26(15-17-27)18-8-2-1-3-9-18)20-11-5-4-10-19(20)23-25-21-12-6-7-13-22(21)29-23/h1-3,6-9,12-13,19-20H,4-5,10-11,14-17H2/t19-,20-/m0/s1. The van der Waals surface area contributed by atoms with Gasteiger partial charge in [-0.3, -0.25) is 4.79 Å². The molecule has 5 heteroatoms. The van der Waals surface area contributed by atoms with E-state index >= 15 is 0 Å². The molecule has 2 fully saturated rings. The van der Waals surface area contributed by atoms with Crippen molar-refractivity contribution in [2.75, 3.05) is 31.1 Å². The Morgan fingerprint density at radius 2 is 1.62 bits per heavy atom. The quantitative estimate of drug-likeness (QED) is 0.621. The van der Waals surface area contributed by atoms with E-state index in [2.05, 4.69) is 58.3 Å². The van der Waals surface area contributed by atoms with Crippen molar-refractivity contribution in [3.63, 3.8) is 0 Å². The van der Waals surface area contributed by atoms with Crippen molar-refractivity contribution in [2.24, 2.45) is 5.92 Å². The summed E-state index contributed by atoms with van der Waals surface area (Å²) < 4.78 is 1.23. The molecule has 2 aromatic carbocycles. The maximum atomic E-state index is 13.5. The van der Waals surface area contributed by atoms with E-state index in [4.69, 9.17) is 4.98 Å². The van der Waals surface area contributed by atoms with Gasteiger partial charge >= 0.3 is 0 Å². The van der Waals surface area contributed by atoms with Gasteiger partial charge in [0.2, 0.25) is 5.91 Å². The minimum atomic E-state index is 0.0904. The van der Waals surface area contributed by atoms with Crippen LogP contribution in [0.4, 0.5) is 5.69 Å². The molecular weight excluding hydrogens is 378 g/mol. The average Bonchev–Trinajstić information content (AvgIpc) is 3.23. The summed E-state index contributed by atoms with van der Waals surface area (Å²) in [6.07, 6.45) is 4.44. The van der Waals surface area contributed by atoms with Gasteiger partial charge in [0, 0.05) is 43.7 Å². The number of thiazole rings is 1. The fourth-order valence-corrected chi connectivity index (χ4v) is 6.00. The fourth-order valence-electron chi connectivity index (χ4n) is 4.83. The first-order chi connectivity index (χ1) is 14.3. The van der Waals surface area contributed by atoms with Crippen molar-refractivity contribution < 1.29 is 4.79 Å². The summed E-state index contributed by atoms with van der Waals surface area (Å²) in [5.41, 5.74) is 2.32. The lowest BCUT2D eigenvalue weighted by Gasteiger charge is -2.39. The highest BCUT2D eigenvalue weighted by Gasteiger charge is 2.37. The number of piperazine rings is 1. The van der Waals surface area contributed by atoms with E-state index in [9.17, 15) is 4.79 Å². The molecule has 1 saturated heterocycles. The molecule has 4 nitrogen and oxygen atoms in total. The van der Waals surface area contributed by atoms with E-state index in [1.807, 2.05) is 6.07 Å². The van der Waals surface area contributed by atoms with Crippen molar-refractivity contribution in [3.05, 3.63) is 59.6 Å². The number of anilines is 1. The number of nitrogens with zero attached hydrogens (tertiary/aromatic N) is 3. The molecule has 5 rings (SSSR count). The molecule has 1 aromatic heterocycles. The van der Waals surface area contributed by atoms with E-state index in [1.165, 1.54) is 16.8 Å². The van der Waals surface area contributed by atoms with E-state index in [1.54, 1.807) is 11.3 Å². The van der Waals surface area contributed by atoms with Crippen LogP contribution in [0.3, 0.4) is 0 Å². The normalized spacial score (nSPS) is 22.8. The summed E-state index contributed by atoms with van der Waals surface area (Å²) in [6.45, 7) is 3.45. The van der Waals surface area contributed by atoms with Crippen molar-refractivity contribution >= 4 is 33.1 Å². The molecule has 29 heavy (non-hydrogen) atoms. The van der Waals surface area contributed by atoms with E-state index in [-0.39, 0.29) is 11.8 Å². The number of fused-ring (bicyclic) bond motifs is 1. The maximum Gasteiger partial charge on any atom is 0.226 e. The number of benzene rings is 2. The number of hydrogen-bond donors (Lipinski definition) is 0. The number of carbonyl (C=O) groups is 1. The van der Waals surface area contributed by atoms with Gasteiger partial charge in [0.25, 0.3) is 0 Å². The number of rotatable bonds is 3. The molecule has 0 spiro atoms. The van der Waals surface area contributed by atoms with Crippen LogP contribution in [-0.2, 0) is 4.79 Å². The largest absolute Gasteiger partial charge is 0.368 e. The van der Waals surface area contributed by atoms with Crippen LogP contribution in [0.1, 0.15) is 36.6 Å². The first kappa shape index (κ1) is 18.6. The van der Waals surface area contributed by atoms with Crippen LogP contribution in [0.15, 0.2) is 54.6 Å². The SMILES string of the molecule is O=C([C@H]1CCCC[C@@H]1c1nc2ccccc2s1)N1CCN(c2ccccc2)CC1. The summed E-state index contributed by atoms with van der Waals surface area (Å²) in [5.74, 6) is 0.718. The Kier molecular flexibility index (Phi) is 5.23. The monoisotopic (exact) mass is 405 g/mol. The van der Waals surface area contributed by atoms with Crippen LogP contribution in [0.5, 0.6) is 0 Å². The second-order valence-electron chi connectivity index (χ2n) is 8.17. The summed E-state index contributed by atoms with van der Waals surface area (Å²) in [5, 5.41) is 1.16. The Balaban J connectivity index is 1.30. The molecule has 1 aliphatic carbocycles. The van der Waals surface area contributed by atoms with Crippen LogP contribution in [0.2, 0.25) is 0 Å². The molecule has 1 amide bonds. The van der Waals surface area contributed by atoms with Crippen molar-refractivity contribution in [1.29, 1.82) is 0 Å². The minimum absolute atomic E-state index is 0.0904. The number of para-hydroxylation sites is 2. The Labute approximate surface area is 176 Å². The topological polar surface area (TPSA) is 36.4 Å².